The molecule has 1 aliphatic heterocycles. The zero-order valence-electron chi connectivity index (χ0n) is 12.9. The summed E-state index contributed by atoms with van der Waals surface area (Å²) in [4.78, 5) is 31.4. The van der Waals surface area contributed by atoms with Crippen LogP contribution in [0.3, 0.4) is 0 Å². The Labute approximate surface area is 144 Å². The van der Waals surface area contributed by atoms with E-state index in [1.165, 1.54) is 6.07 Å². The molecule has 124 valence electrons. The third kappa shape index (κ3) is 3.33. The largest absolute Gasteiger partial charge is 0.477 e. The Bertz CT molecular complexity index is 773. The third-order valence-corrected chi connectivity index (χ3v) is 4.28. The minimum absolute atomic E-state index is 0.0158. The van der Waals surface area contributed by atoms with Gasteiger partial charge in [-0.3, -0.25) is 4.79 Å². The van der Waals surface area contributed by atoms with Gasteiger partial charge in [0.25, 0.3) is 5.91 Å². The first kappa shape index (κ1) is 16.3. The van der Waals surface area contributed by atoms with Crippen molar-refractivity contribution in [3.8, 4) is 0 Å². The molecule has 0 atom stereocenters. The SMILES string of the molecule is O=C(O)c1cccc(N2CCN(C(=O)c3ccccc3Cl)CC2)n1. The number of nitrogens with zero attached hydrogens (tertiary/aromatic N) is 3. The maximum absolute atomic E-state index is 12.5. The van der Waals surface area contributed by atoms with Crippen molar-refractivity contribution in [2.75, 3.05) is 31.1 Å². The van der Waals surface area contributed by atoms with E-state index in [0.717, 1.165) is 0 Å². The molecule has 1 saturated heterocycles. The molecule has 0 bridgehead atoms. The summed E-state index contributed by atoms with van der Waals surface area (Å²) in [6, 6.07) is 11.9. The van der Waals surface area contributed by atoms with Gasteiger partial charge < -0.3 is 14.9 Å². The van der Waals surface area contributed by atoms with E-state index in [1.54, 1.807) is 41.3 Å². The van der Waals surface area contributed by atoms with Gasteiger partial charge in [0.2, 0.25) is 0 Å². The summed E-state index contributed by atoms with van der Waals surface area (Å²) in [6.07, 6.45) is 0. The molecular formula is C17H16ClN3O3. The molecule has 0 saturated carbocycles. The fraction of sp³-hybridized carbons (Fsp3) is 0.235. The lowest BCUT2D eigenvalue weighted by Gasteiger charge is -2.35. The van der Waals surface area contributed by atoms with Crippen molar-refractivity contribution in [2.45, 2.75) is 0 Å². The number of aromatic nitrogens is 1. The second-order valence-corrected chi connectivity index (χ2v) is 5.85. The first-order valence-corrected chi connectivity index (χ1v) is 7.93. The van der Waals surface area contributed by atoms with Crippen molar-refractivity contribution in [1.82, 2.24) is 9.88 Å². The molecule has 1 aromatic heterocycles. The summed E-state index contributed by atoms with van der Waals surface area (Å²) < 4.78 is 0. The number of carbonyl (C=O) groups excluding carboxylic acids is 1. The predicted octanol–water partition coefficient (Wildman–Crippen LogP) is 2.40. The number of carboxylic acids is 1. The van der Waals surface area contributed by atoms with Gasteiger partial charge in [0, 0.05) is 26.2 Å². The van der Waals surface area contributed by atoms with Crippen LogP contribution in [0.1, 0.15) is 20.8 Å². The van der Waals surface area contributed by atoms with Crippen LogP contribution in [0.15, 0.2) is 42.5 Å². The Kier molecular flexibility index (Phi) is 4.66. The summed E-state index contributed by atoms with van der Waals surface area (Å²) in [6.45, 7) is 2.24. The van der Waals surface area contributed by atoms with E-state index in [2.05, 4.69) is 4.98 Å². The molecule has 2 aromatic rings. The number of pyridine rings is 1. The molecule has 1 fully saturated rings. The molecule has 3 rings (SSSR count). The van der Waals surface area contributed by atoms with E-state index in [4.69, 9.17) is 16.7 Å². The first-order valence-electron chi connectivity index (χ1n) is 7.55. The second-order valence-electron chi connectivity index (χ2n) is 5.45. The molecule has 1 amide bonds. The molecule has 1 aromatic carbocycles. The number of halogens is 1. The van der Waals surface area contributed by atoms with E-state index in [9.17, 15) is 9.59 Å². The van der Waals surface area contributed by atoms with Gasteiger partial charge in [-0.1, -0.05) is 29.8 Å². The van der Waals surface area contributed by atoms with Gasteiger partial charge in [0.15, 0.2) is 5.69 Å². The molecule has 0 unspecified atom stereocenters. The average Bonchev–Trinajstić information content (AvgIpc) is 2.62. The Morgan fingerprint density at radius 1 is 1.00 bits per heavy atom. The van der Waals surface area contributed by atoms with E-state index >= 15 is 0 Å². The number of piperazine rings is 1. The van der Waals surface area contributed by atoms with Crippen LogP contribution in [-0.4, -0.2) is 53.0 Å². The molecule has 6 nitrogen and oxygen atoms in total. The molecule has 7 heteroatoms. The Morgan fingerprint density at radius 2 is 1.71 bits per heavy atom. The number of anilines is 1. The van der Waals surface area contributed by atoms with Crippen molar-refractivity contribution in [1.29, 1.82) is 0 Å². The van der Waals surface area contributed by atoms with Gasteiger partial charge in [-0.25, -0.2) is 9.78 Å². The zero-order chi connectivity index (χ0) is 17.1. The van der Waals surface area contributed by atoms with E-state index in [0.29, 0.717) is 42.6 Å². The quantitative estimate of drug-likeness (QED) is 0.924. The standard InChI is InChI=1S/C17H16ClN3O3/c18-13-5-2-1-4-12(13)16(22)21-10-8-20(9-11-21)15-7-3-6-14(19-15)17(23)24/h1-7H,8-11H2,(H,23,24). The lowest BCUT2D eigenvalue weighted by Crippen LogP contribution is -2.49. The third-order valence-electron chi connectivity index (χ3n) is 3.95. The fourth-order valence-corrected chi connectivity index (χ4v) is 2.88. The van der Waals surface area contributed by atoms with Crippen LogP contribution in [0.4, 0.5) is 5.82 Å². The number of aromatic carboxylic acids is 1. The summed E-state index contributed by atoms with van der Waals surface area (Å²) >= 11 is 6.09. The van der Waals surface area contributed by atoms with Crippen LogP contribution in [0, 0.1) is 0 Å². The first-order chi connectivity index (χ1) is 11.6. The summed E-state index contributed by atoms with van der Waals surface area (Å²) in [5, 5.41) is 9.47. The maximum atomic E-state index is 12.5. The molecule has 0 radical (unpaired) electrons. The van der Waals surface area contributed by atoms with Crippen LogP contribution in [0.2, 0.25) is 5.02 Å². The normalized spacial score (nSPS) is 14.5. The van der Waals surface area contributed by atoms with Gasteiger partial charge in [0.1, 0.15) is 5.82 Å². The zero-order valence-corrected chi connectivity index (χ0v) is 13.6. The van der Waals surface area contributed by atoms with Crippen molar-refractivity contribution in [2.24, 2.45) is 0 Å². The number of hydrogen-bond acceptors (Lipinski definition) is 4. The summed E-state index contributed by atoms with van der Waals surface area (Å²) in [7, 11) is 0. The maximum Gasteiger partial charge on any atom is 0.354 e. The second kappa shape index (κ2) is 6.88. The van der Waals surface area contributed by atoms with Crippen LogP contribution in [0.5, 0.6) is 0 Å². The van der Waals surface area contributed by atoms with Crippen molar-refractivity contribution >= 4 is 29.3 Å². The molecule has 0 spiro atoms. The highest BCUT2D eigenvalue weighted by molar-refractivity contribution is 6.33. The number of hydrogen-bond donors (Lipinski definition) is 1. The number of amides is 1. The number of benzene rings is 1. The molecule has 1 aliphatic rings. The lowest BCUT2D eigenvalue weighted by molar-refractivity contribution is 0.0690. The van der Waals surface area contributed by atoms with Crippen LogP contribution < -0.4 is 4.90 Å². The van der Waals surface area contributed by atoms with Crippen molar-refractivity contribution < 1.29 is 14.7 Å². The van der Waals surface area contributed by atoms with Crippen LogP contribution >= 0.6 is 11.6 Å². The van der Waals surface area contributed by atoms with Gasteiger partial charge in [0.05, 0.1) is 10.6 Å². The van der Waals surface area contributed by atoms with Crippen LogP contribution in [-0.2, 0) is 0 Å². The number of carbonyl (C=O) groups is 2. The monoisotopic (exact) mass is 345 g/mol. The average molecular weight is 346 g/mol. The topological polar surface area (TPSA) is 73.7 Å². The highest BCUT2D eigenvalue weighted by Crippen LogP contribution is 2.19. The van der Waals surface area contributed by atoms with Gasteiger partial charge in [-0.05, 0) is 24.3 Å². The summed E-state index contributed by atoms with van der Waals surface area (Å²) in [5.41, 5.74) is 0.515. The minimum Gasteiger partial charge on any atom is -0.477 e. The van der Waals surface area contributed by atoms with Crippen molar-refractivity contribution in [3.05, 3.63) is 58.7 Å². The predicted molar refractivity (Wildman–Crippen MR) is 90.8 cm³/mol. The van der Waals surface area contributed by atoms with Gasteiger partial charge in [-0.2, -0.15) is 0 Å². The van der Waals surface area contributed by atoms with Gasteiger partial charge in [-0.15, -0.1) is 0 Å². The smallest absolute Gasteiger partial charge is 0.354 e. The van der Waals surface area contributed by atoms with Crippen LogP contribution in [0.25, 0.3) is 0 Å². The molecule has 1 N–H and O–H groups in total. The highest BCUT2D eigenvalue weighted by atomic mass is 35.5. The fourth-order valence-electron chi connectivity index (χ4n) is 2.66. The van der Waals surface area contributed by atoms with Gasteiger partial charge >= 0.3 is 5.97 Å². The Hall–Kier alpha value is -2.60. The molecule has 24 heavy (non-hydrogen) atoms. The Balaban J connectivity index is 1.68. The number of carboxylic acid groups (broad SMARTS) is 1. The highest BCUT2D eigenvalue weighted by Gasteiger charge is 2.24. The molecular weight excluding hydrogens is 330 g/mol. The Morgan fingerprint density at radius 3 is 2.38 bits per heavy atom. The molecule has 2 heterocycles. The van der Waals surface area contributed by atoms with E-state index in [1.807, 2.05) is 4.90 Å². The summed E-state index contributed by atoms with van der Waals surface area (Å²) in [5.74, 6) is -0.531. The lowest BCUT2D eigenvalue weighted by atomic mass is 10.2. The minimum atomic E-state index is -1.05. The van der Waals surface area contributed by atoms with E-state index in [-0.39, 0.29) is 11.6 Å². The van der Waals surface area contributed by atoms with E-state index < -0.39 is 5.97 Å². The number of rotatable bonds is 3. The van der Waals surface area contributed by atoms with Crippen molar-refractivity contribution in [3.63, 3.8) is 0 Å². The molecule has 0 aliphatic carbocycles.